The number of nitrogens with one attached hydrogen (secondary N) is 1. The molecule has 0 saturated carbocycles. The first-order valence-corrected chi connectivity index (χ1v) is 7.03. The van der Waals surface area contributed by atoms with Crippen LogP contribution in [-0.2, 0) is 6.42 Å². The van der Waals surface area contributed by atoms with Crippen LogP contribution in [0.15, 0.2) is 29.6 Å². The first kappa shape index (κ1) is 11.2. The topological polar surface area (TPSA) is 32.3 Å². The SMILES string of the molecule is OC1(Cc2csc3ccccc23)CCCNC1. The van der Waals surface area contributed by atoms with Crippen LogP contribution in [0.25, 0.3) is 10.1 Å². The summed E-state index contributed by atoms with van der Waals surface area (Å²) in [7, 11) is 0. The molecule has 1 saturated heterocycles. The second-order valence-electron chi connectivity index (χ2n) is 4.94. The molecule has 0 bridgehead atoms. The zero-order valence-electron chi connectivity index (χ0n) is 9.78. The third kappa shape index (κ3) is 2.23. The Bertz CT molecular complexity index is 514. The van der Waals surface area contributed by atoms with Gasteiger partial charge in [0.2, 0.25) is 0 Å². The fourth-order valence-corrected chi connectivity index (χ4v) is 3.59. The van der Waals surface area contributed by atoms with Crippen molar-refractivity contribution in [3.8, 4) is 0 Å². The summed E-state index contributed by atoms with van der Waals surface area (Å²) in [5.74, 6) is 0. The molecule has 1 aromatic heterocycles. The Labute approximate surface area is 105 Å². The van der Waals surface area contributed by atoms with Crippen molar-refractivity contribution in [1.82, 2.24) is 5.32 Å². The van der Waals surface area contributed by atoms with Crippen LogP contribution in [0.5, 0.6) is 0 Å². The highest BCUT2D eigenvalue weighted by Crippen LogP contribution is 2.30. The van der Waals surface area contributed by atoms with E-state index < -0.39 is 5.60 Å². The lowest BCUT2D eigenvalue weighted by atomic mass is 9.87. The van der Waals surface area contributed by atoms with E-state index >= 15 is 0 Å². The molecule has 0 aliphatic carbocycles. The molecule has 2 aromatic rings. The van der Waals surface area contributed by atoms with E-state index in [1.807, 2.05) is 0 Å². The van der Waals surface area contributed by atoms with Gasteiger partial charge in [-0.3, -0.25) is 0 Å². The van der Waals surface area contributed by atoms with Crippen molar-refractivity contribution >= 4 is 21.4 Å². The quantitative estimate of drug-likeness (QED) is 0.855. The maximum atomic E-state index is 10.5. The number of piperidine rings is 1. The summed E-state index contributed by atoms with van der Waals surface area (Å²) >= 11 is 1.77. The van der Waals surface area contributed by atoms with E-state index in [0.29, 0.717) is 0 Å². The van der Waals surface area contributed by atoms with Crippen molar-refractivity contribution in [2.24, 2.45) is 0 Å². The van der Waals surface area contributed by atoms with Crippen LogP contribution in [0.4, 0.5) is 0 Å². The van der Waals surface area contributed by atoms with Crippen LogP contribution >= 0.6 is 11.3 Å². The average molecular weight is 247 g/mol. The zero-order chi connectivity index (χ0) is 11.7. The van der Waals surface area contributed by atoms with E-state index in [2.05, 4.69) is 35.0 Å². The first-order chi connectivity index (χ1) is 8.27. The molecular weight excluding hydrogens is 230 g/mol. The molecule has 1 aliphatic heterocycles. The Morgan fingerprint density at radius 1 is 1.35 bits per heavy atom. The molecule has 2 N–H and O–H groups in total. The molecule has 3 heteroatoms. The molecule has 3 rings (SSSR count). The highest BCUT2D eigenvalue weighted by Gasteiger charge is 2.29. The van der Waals surface area contributed by atoms with E-state index in [-0.39, 0.29) is 0 Å². The third-order valence-electron chi connectivity index (χ3n) is 3.53. The highest BCUT2D eigenvalue weighted by molar-refractivity contribution is 7.17. The summed E-state index contributed by atoms with van der Waals surface area (Å²) in [5.41, 5.74) is 0.735. The predicted octanol–water partition coefficient (Wildman–Crippen LogP) is 2.56. The molecule has 0 spiro atoms. The summed E-state index contributed by atoms with van der Waals surface area (Å²) in [5, 5.41) is 17.3. The second-order valence-corrected chi connectivity index (χ2v) is 5.85. The number of rotatable bonds is 2. The monoisotopic (exact) mass is 247 g/mol. The average Bonchev–Trinajstić information content (AvgIpc) is 2.73. The Morgan fingerprint density at radius 2 is 2.24 bits per heavy atom. The van der Waals surface area contributed by atoms with Gasteiger partial charge < -0.3 is 10.4 Å². The summed E-state index contributed by atoms with van der Waals surface area (Å²) in [6.45, 7) is 1.75. The van der Waals surface area contributed by atoms with Gasteiger partial charge in [0.15, 0.2) is 0 Å². The van der Waals surface area contributed by atoms with Gasteiger partial charge in [0, 0.05) is 17.7 Å². The summed E-state index contributed by atoms with van der Waals surface area (Å²) < 4.78 is 1.31. The molecule has 1 fully saturated rings. The molecular formula is C14H17NOS. The minimum absolute atomic E-state index is 0.553. The van der Waals surface area contributed by atoms with Gasteiger partial charge in [-0.1, -0.05) is 18.2 Å². The van der Waals surface area contributed by atoms with Crippen LogP contribution in [0, 0.1) is 0 Å². The summed E-state index contributed by atoms with van der Waals surface area (Å²) in [6, 6.07) is 8.44. The van der Waals surface area contributed by atoms with Crippen molar-refractivity contribution in [2.45, 2.75) is 24.9 Å². The third-order valence-corrected chi connectivity index (χ3v) is 4.54. The van der Waals surface area contributed by atoms with E-state index in [1.54, 1.807) is 11.3 Å². The van der Waals surface area contributed by atoms with Crippen molar-refractivity contribution in [1.29, 1.82) is 0 Å². The lowest BCUT2D eigenvalue weighted by Crippen LogP contribution is -2.47. The van der Waals surface area contributed by atoms with Crippen molar-refractivity contribution in [3.63, 3.8) is 0 Å². The molecule has 0 amide bonds. The number of aliphatic hydroxyl groups is 1. The van der Waals surface area contributed by atoms with Gasteiger partial charge >= 0.3 is 0 Å². The van der Waals surface area contributed by atoms with Crippen LogP contribution < -0.4 is 5.32 Å². The maximum absolute atomic E-state index is 10.5. The molecule has 1 aliphatic rings. The Balaban J connectivity index is 1.89. The van der Waals surface area contributed by atoms with Crippen molar-refractivity contribution in [3.05, 3.63) is 35.2 Å². The molecule has 2 nitrogen and oxygen atoms in total. The summed E-state index contributed by atoms with van der Waals surface area (Å²) in [4.78, 5) is 0. The zero-order valence-corrected chi connectivity index (χ0v) is 10.6. The molecule has 2 heterocycles. The Kier molecular flexibility index (Phi) is 2.90. The first-order valence-electron chi connectivity index (χ1n) is 6.15. The number of β-amino-alcohol motifs (C(OH)–C–C–N with tert-alkyl or cyclic N) is 1. The van der Waals surface area contributed by atoms with Crippen LogP contribution in [0.1, 0.15) is 18.4 Å². The van der Waals surface area contributed by atoms with Gasteiger partial charge in [0.1, 0.15) is 0 Å². The van der Waals surface area contributed by atoms with E-state index in [9.17, 15) is 5.11 Å². The summed E-state index contributed by atoms with van der Waals surface area (Å²) in [6.07, 6.45) is 2.74. The van der Waals surface area contributed by atoms with E-state index in [4.69, 9.17) is 0 Å². The molecule has 90 valence electrons. The van der Waals surface area contributed by atoms with Gasteiger partial charge in [-0.25, -0.2) is 0 Å². The van der Waals surface area contributed by atoms with Crippen molar-refractivity contribution < 1.29 is 5.11 Å². The number of benzene rings is 1. The van der Waals surface area contributed by atoms with Gasteiger partial charge in [-0.2, -0.15) is 0 Å². The largest absolute Gasteiger partial charge is 0.388 e. The minimum Gasteiger partial charge on any atom is -0.388 e. The van der Waals surface area contributed by atoms with Gasteiger partial charge in [0.05, 0.1) is 5.60 Å². The molecule has 17 heavy (non-hydrogen) atoms. The molecule has 1 unspecified atom stereocenters. The molecule has 0 radical (unpaired) electrons. The fraction of sp³-hybridized carbons (Fsp3) is 0.429. The molecule has 1 atom stereocenters. The minimum atomic E-state index is -0.553. The lowest BCUT2D eigenvalue weighted by molar-refractivity contribution is 0.0173. The number of fused-ring (bicyclic) bond motifs is 1. The number of hydrogen-bond acceptors (Lipinski definition) is 3. The fourth-order valence-electron chi connectivity index (χ4n) is 2.63. The second kappa shape index (κ2) is 4.41. The predicted molar refractivity (Wildman–Crippen MR) is 72.6 cm³/mol. The standard InChI is InChI=1S/C14H17NOS/c16-14(6-3-7-15-10-14)8-11-9-17-13-5-2-1-4-12(11)13/h1-2,4-5,9,15-16H,3,6-8,10H2. The van der Waals surface area contributed by atoms with Gasteiger partial charge in [-0.15, -0.1) is 11.3 Å². The normalized spacial score (nSPS) is 25.2. The Morgan fingerprint density at radius 3 is 3.06 bits per heavy atom. The molecule has 1 aromatic carbocycles. The van der Waals surface area contributed by atoms with Crippen molar-refractivity contribution in [2.75, 3.05) is 13.1 Å². The lowest BCUT2D eigenvalue weighted by Gasteiger charge is -2.32. The Hall–Kier alpha value is -0.900. The van der Waals surface area contributed by atoms with Crippen LogP contribution in [-0.4, -0.2) is 23.8 Å². The number of thiophene rings is 1. The highest BCUT2D eigenvalue weighted by atomic mass is 32.1. The number of hydrogen-bond donors (Lipinski definition) is 2. The van der Waals surface area contributed by atoms with Crippen LogP contribution in [0.3, 0.4) is 0 Å². The van der Waals surface area contributed by atoms with Gasteiger partial charge in [0.25, 0.3) is 0 Å². The maximum Gasteiger partial charge on any atom is 0.0812 e. The smallest absolute Gasteiger partial charge is 0.0812 e. The van der Waals surface area contributed by atoms with Crippen LogP contribution in [0.2, 0.25) is 0 Å². The van der Waals surface area contributed by atoms with E-state index in [0.717, 1.165) is 32.4 Å². The van der Waals surface area contributed by atoms with E-state index in [1.165, 1.54) is 15.6 Å². The van der Waals surface area contributed by atoms with Gasteiger partial charge in [-0.05, 0) is 41.8 Å².